The van der Waals surface area contributed by atoms with Crippen molar-refractivity contribution in [2.45, 2.75) is 13.1 Å². The zero-order chi connectivity index (χ0) is 23.7. The fraction of sp³-hybridized carbons (Fsp3) is 0.190. The number of ether oxygens (including phenoxy) is 1. The molecule has 3 aromatic rings. The Labute approximate surface area is 199 Å². The largest absolute Gasteiger partial charge is 0.473 e. The Bertz CT molecular complexity index is 1060. The van der Waals surface area contributed by atoms with Crippen molar-refractivity contribution in [2.24, 2.45) is 0 Å². The molecule has 8 nitrogen and oxygen atoms in total. The number of carboxylic acid groups (broad SMARTS) is 2. The molecule has 170 valence electrons. The summed E-state index contributed by atoms with van der Waals surface area (Å²) in [5.41, 5.74) is 2.93. The minimum absolute atomic E-state index is 0.517. The van der Waals surface area contributed by atoms with Gasteiger partial charge in [-0.1, -0.05) is 59.1 Å². The van der Waals surface area contributed by atoms with E-state index >= 15 is 0 Å². The number of rotatable bonds is 7. The topological polar surface area (TPSA) is 114 Å². The number of carbonyl (C=O) groups is 2. The first kappa shape index (κ1) is 25.5. The number of imidazole rings is 1. The Hall–Kier alpha value is -2.78. The summed E-state index contributed by atoms with van der Waals surface area (Å²) >= 11 is 18.3. The van der Waals surface area contributed by atoms with E-state index in [-0.39, 0.29) is 0 Å². The van der Waals surface area contributed by atoms with E-state index in [1.54, 1.807) is 13.2 Å². The molecule has 1 aromatic heterocycles. The second-order valence-corrected chi connectivity index (χ2v) is 7.52. The van der Waals surface area contributed by atoms with Gasteiger partial charge in [0.15, 0.2) is 0 Å². The molecule has 11 heteroatoms. The highest BCUT2D eigenvalue weighted by Gasteiger charge is 2.13. The maximum absolute atomic E-state index is 9.10. The molecule has 0 atom stereocenters. The predicted octanol–water partition coefficient (Wildman–Crippen LogP) is 4.92. The molecule has 0 aliphatic heterocycles. The number of anilines is 1. The molecular weight excluding hydrogens is 481 g/mol. The van der Waals surface area contributed by atoms with E-state index in [1.807, 2.05) is 42.6 Å². The molecule has 0 unspecified atom stereocenters. The molecule has 2 aromatic carbocycles. The minimum atomic E-state index is -1.82. The second-order valence-electron chi connectivity index (χ2n) is 6.30. The maximum atomic E-state index is 9.10. The zero-order valence-corrected chi connectivity index (χ0v) is 19.2. The Morgan fingerprint density at radius 1 is 1.06 bits per heavy atom. The van der Waals surface area contributed by atoms with Crippen LogP contribution in [0, 0.1) is 0 Å². The molecule has 0 saturated carbocycles. The molecule has 0 saturated heterocycles. The number of nitrogens with zero attached hydrogens (tertiary/aromatic N) is 2. The molecule has 3 rings (SSSR count). The number of halogens is 3. The van der Waals surface area contributed by atoms with Crippen molar-refractivity contribution in [3.63, 3.8) is 0 Å². The van der Waals surface area contributed by atoms with Gasteiger partial charge in [0, 0.05) is 25.2 Å². The smallest absolute Gasteiger partial charge is 0.414 e. The van der Waals surface area contributed by atoms with E-state index in [0.29, 0.717) is 34.8 Å². The lowest BCUT2D eigenvalue weighted by Gasteiger charge is -2.14. The second kappa shape index (κ2) is 12.3. The van der Waals surface area contributed by atoms with E-state index in [1.165, 1.54) is 0 Å². The number of hydrogen-bond donors (Lipinski definition) is 3. The number of methoxy groups -OCH3 is 1. The van der Waals surface area contributed by atoms with Crippen LogP contribution in [0.1, 0.15) is 5.56 Å². The van der Waals surface area contributed by atoms with Crippen LogP contribution in [0.25, 0.3) is 11.3 Å². The van der Waals surface area contributed by atoms with Gasteiger partial charge >= 0.3 is 11.9 Å². The van der Waals surface area contributed by atoms with Crippen LogP contribution in [0.2, 0.25) is 15.1 Å². The van der Waals surface area contributed by atoms with Crippen LogP contribution in [0.4, 0.5) is 5.95 Å². The van der Waals surface area contributed by atoms with Crippen molar-refractivity contribution >= 4 is 52.7 Å². The van der Waals surface area contributed by atoms with Crippen LogP contribution in [0.3, 0.4) is 0 Å². The van der Waals surface area contributed by atoms with Crippen molar-refractivity contribution in [3.05, 3.63) is 69.3 Å². The average molecular weight is 501 g/mol. The van der Waals surface area contributed by atoms with Gasteiger partial charge in [-0.25, -0.2) is 14.6 Å². The quantitative estimate of drug-likeness (QED) is 0.394. The molecule has 3 N–H and O–H groups in total. The van der Waals surface area contributed by atoms with E-state index in [0.717, 1.165) is 22.8 Å². The molecule has 0 bridgehead atoms. The summed E-state index contributed by atoms with van der Waals surface area (Å²) in [4.78, 5) is 22.7. The van der Waals surface area contributed by atoms with Gasteiger partial charge in [0.1, 0.15) is 0 Å². The van der Waals surface area contributed by atoms with E-state index in [4.69, 9.17) is 59.3 Å². The molecular formula is C21H20Cl3N3O5. The Morgan fingerprint density at radius 2 is 1.72 bits per heavy atom. The Kier molecular flexibility index (Phi) is 9.80. The highest BCUT2D eigenvalue weighted by atomic mass is 35.5. The van der Waals surface area contributed by atoms with Gasteiger partial charge in [0.05, 0.1) is 28.5 Å². The first-order chi connectivity index (χ1) is 15.2. The van der Waals surface area contributed by atoms with Gasteiger partial charge in [-0.05, 0) is 29.3 Å². The highest BCUT2D eigenvalue weighted by molar-refractivity contribution is 6.42. The van der Waals surface area contributed by atoms with Crippen LogP contribution in [0.15, 0.2) is 48.7 Å². The SMILES string of the molecule is COCCn1c(-c2ccc(Cl)cc2)cnc1NCc1cccc(Cl)c1Cl.O=C(O)C(=O)O. The van der Waals surface area contributed by atoms with Crippen LogP contribution in [-0.2, 0) is 27.4 Å². The standard InChI is InChI=1S/C19H18Cl3N3O.C2H2O4/c1-26-10-9-25-17(13-5-7-15(20)8-6-13)12-24-19(25)23-11-14-3-2-4-16(21)18(14)22;3-1(4)2(5)6/h2-8,12H,9-11H2,1H3,(H,23,24);(H,3,4)(H,5,6). The van der Waals surface area contributed by atoms with Gasteiger partial charge in [-0.2, -0.15) is 0 Å². The van der Waals surface area contributed by atoms with Crippen molar-refractivity contribution in [1.82, 2.24) is 9.55 Å². The summed E-state index contributed by atoms with van der Waals surface area (Å²) in [7, 11) is 1.68. The van der Waals surface area contributed by atoms with Crippen LogP contribution < -0.4 is 5.32 Å². The lowest BCUT2D eigenvalue weighted by atomic mass is 10.2. The molecule has 0 spiro atoms. The Morgan fingerprint density at radius 3 is 2.31 bits per heavy atom. The first-order valence-electron chi connectivity index (χ1n) is 9.18. The number of nitrogens with one attached hydrogen (secondary N) is 1. The van der Waals surface area contributed by atoms with Crippen LogP contribution in [-0.4, -0.2) is 45.4 Å². The summed E-state index contributed by atoms with van der Waals surface area (Å²) in [5.74, 6) is -2.91. The normalized spacial score (nSPS) is 10.2. The number of hydrogen-bond acceptors (Lipinski definition) is 5. The number of carboxylic acids is 2. The Balaban J connectivity index is 0.000000534. The summed E-state index contributed by atoms with van der Waals surface area (Å²) in [5, 5.41) is 19.9. The summed E-state index contributed by atoms with van der Waals surface area (Å²) in [6.07, 6.45) is 1.83. The highest BCUT2D eigenvalue weighted by Crippen LogP contribution is 2.28. The number of aliphatic carboxylic acids is 2. The van der Waals surface area contributed by atoms with E-state index < -0.39 is 11.9 Å². The fourth-order valence-corrected chi connectivity index (χ4v) is 3.15. The molecule has 0 radical (unpaired) electrons. The van der Waals surface area contributed by atoms with Gasteiger partial charge in [-0.3, -0.25) is 0 Å². The third-order valence-corrected chi connectivity index (χ3v) is 5.28. The van der Waals surface area contributed by atoms with Gasteiger partial charge < -0.3 is 24.8 Å². The van der Waals surface area contributed by atoms with Crippen molar-refractivity contribution < 1.29 is 24.5 Å². The van der Waals surface area contributed by atoms with Crippen molar-refractivity contribution in [2.75, 3.05) is 19.0 Å². The predicted molar refractivity (Wildman–Crippen MR) is 124 cm³/mol. The fourth-order valence-electron chi connectivity index (χ4n) is 2.64. The lowest BCUT2D eigenvalue weighted by Crippen LogP contribution is -2.12. The third kappa shape index (κ3) is 7.13. The van der Waals surface area contributed by atoms with Gasteiger partial charge in [0.2, 0.25) is 5.95 Å². The first-order valence-corrected chi connectivity index (χ1v) is 10.3. The maximum Gasteiger partial charge on any atom is 0.414 e. The van der Waals surface area contributed by atoms with Crippen LogP contribution in [0.5, 0.6) is 0 Å². The molecule has 0 fully saturated rings. The van der Waals surface area contributed by atoms with E-state index in [2.05, 4.69) is 14.9 Å². The van der Waals surface area contributed by atoms with E-state index in [9.17, 15) is 0 Å². The molecule has 0 aliphatic rings. The number of benzene rings is 2. The molecule has 1 heterocycles. The van der Waals surface area contributed by atoms with Crippen molar-refractivity contribution in [1.29, 1.82) is 0 Å². The molecule has 0 aliphatic carbocycles. The molecule has 0 amide bonds. The minimum Gasteiger partial charge on any atom is -0.473 e. The average Bonchev–Trinajstić information content (AvgIpc) is 3.16. The summed E-state index contributed by atoms with van der Waals surface area (Å²) in [6, 6.07) is 13.3. The number of aromatic nitrogens is 2. The van der Waals surface area contributed by atoms with Crippen LogP contribution >= 0.6 is 34.8 Å². The summed E-state index contributed by atoms with van der Waals surface area (Å²) < 4.78 is 7.32. The molecule has 32 heavy (non-hydrogen) atoms. The monoisotopic (exact) mass is 499 g/mol. The lowest BCUT2D eigenvalue weighted by molar-refractivity contribution is -0.159. The van der Waals surface area contributed by atoms with Crippen molar-refractivity contribution in [3.8, 4) is 11.3 Å². The third-order valence-electron chi connectivity index (χ3n) is 4.17. The summed E-state index contributed by atoms with van der Waals surface area (Å²) in [6.45, 7) is 1.76. The zero-order valence-electron chi connectivity index (χ0n) is 16.9. The van der Waals surface area contributed by atoms with Gasteiger partial charge in [0.25, 0.3) is 0 Å². The van der Waals surface area contributed by atoms with Gasteiger partial charge in [-0.15, -0.1) is 0 Å².